The van der Waals surface area contributed by atoms with Crippen molar-refractivity contribution < 1.29 is 45.6 Å². The molecule has 1 aliphatic rings. The molecular weight excluding hydrogens is 653 g/mol. The Labute approximate surface area is 221 Å². The van der Waals surface area contributed by atoms with Crippen molar-refractivity contribution in [1.82, 2.24) is 9.88 Å². The standard InChI is InChI=1S/C13H9N.C10H13NO4.NO3.2H2N.Pt/c1-2-6-11-10(5-1)9-14-13-8-4-3-7-12(11)13;12-8-5-6-9(13)11(8)7-3-1-2-4-10(14)15;2-1(3)4;;;/h1-9H;5-6H,1-4,7H2,(H,14,15);;2*1H2;/q;;3*-1;+4/p-1. The summed E-state index contributed by atoms with van der Waals surface area (Å²) in [5.74, 6) is -1.65. The van der Waals surface area contributed by atoms with Gasteiger partial charge in [0.25, 0.3) is 11.8 Å². The molecule has 0 spiro atoms. The van der Waals surface area contributed by atoms with Gasteiger partial charge in [-0.3, -0.25) is 19.5 Å². The first-order valence-corrected chi connectivity index (χ1v) is 10.1. The second-order valence-electron chi connectivity index (χ2n) is 6.93. The number of rotatable bonds is 6. The van der Waals surface area contributed by atoms with Crippen LogP contribution in [0.2, 0.25) is 0 Å². The average Bonchev–Trinajstić information content (AvgIpc) is 3.11. The summed E-state index contributed by atoms with van der Waals surface area (Å²) < 4.78 is 0. The molecule has 13 heteroatoms. The molecule has 4 N–H and O–H groups in total. The molecule has 12 nitrogen and oxygen atoms in total. The maximum Gasteiger partial charge on any atom is 4.00 e. The molecule has 0 fully saturated rings. The van der Waals surface area contributed by atoms with Crippen molar-refractivity contribution in [2.24, 2.45) is 0 Å². The fraction of sp³-hybridized carbons (Fsp3) is 0.217. The first kappa shape index (κ1) is 34.4. The summed E-state index contributed by atoms with van der Waals surface area (Å²) in [6, 6.07) is 16.6. The molecular formula is C23H25N5O7Pt. The molecule has 36 heavy (non-hydrogen) atoms. The van der Waals surface area contributed by atoms with Crippen molar-refractivity contribution in [2.45, 2.75) is 25.7 Å². The van der Waals surface area contributed by atoms with Gasteiger partial charge in [-0.15, -0.1) is 0 Å². The second-order valence-corrected chi connectivity index (χ2v) is 6.93. The van der Waals surface area contributed by atoms with Crippen LogP contribution in [0.15, 0.2) is 66.9 Å². The second kappa shape index (κ2) is 17.7. The molecule has 0 saturated heterocycles. The smallest absolute Gasteiger partial charge is 0.693 e. The van der Waals surface area contributed by atoms with Crippen LogP contribution in [0.25, 0.3) is 34.0 Å². The number of carbonyl (C=O) groups excluding carboxylic acids is 3. The van der Waals surface area contributed by atoms with Gasteiger partial charge in [0.15, 0.2) is 0 Å². The Kier molecular flexibility index (Phi) is 16.9. The summed E-state index contributed by atoms with van der Waals surface area (Å²) in [4.78, 5) is 46.0. The molecule has 2 amide bonds. The quantitative estimate of drug-likeness (QED) is 0.122. The molecule has 0 aliphatic carbocycles. The van der Waals surface area contributed by atoms with Gasteiger partial charge >= 0.3 is 21.1 Å². The van der Waals surface area contributed by atoms with Crippen molar-refractivity contribution in [2.75, 3.05) is 6.54 Å². The molecule has 1 aliphatic heterocycles. The number of nitrogens with two attached hydrogens (primary N) is 2. The number of hydrogen-bond acceptors (Lipinski definition) is 8. The molecule has 1 aromatic heterocycles. The van der Waals surface area contributed by atoms with Gasteiger partial charge in [0.05, 0.1) is 10.6 Å². The molecule has 0 atom stereocenters. The maximum atomic E-state index is 11.1. The predicted molar refractivity (Wildman–Crippen MR) is 130 cm³/mol. The first-order valence-electron chi connectivity index (χ1n) is 10.1. The molecule has 3 aromatic rings. The molecule has 2 aromatic carbocycles. The Bertz CT molecular complexity index is 1110. The Morgan fingerprint density at radius 1 is 0.861 bits per heavy atom. The summed E-state index contributed by atoms with van der Waals surface area (Å²) >= 11 is 0. The van der Waals surface area contributed by atoms with Gasteiger partial charge in [0.1, 0.15) is 0 Å². The van der Waals surface area contributed by atoms with E-state index >= 15 is 0 Å². The van der Waals surface area contributed by atoms with Gasteiger partial charge in [0, 0.05) is 41.6 Å². The number of fused-ring (bicyclic) bond motifs is 3. The van der Waals surface area contributed by atoms with Crippen molar-refractivity contribution in [1.29, 1.82) is 0 Å². The van der Waals surface area contributed by atoms with E-state index in [1.807, 2.05) is 24.4 Å². The van der Waals surface area contributed by atoms with Crippen molar-refractivity contribution >= 4 is 39.5 Å². The number of pyridine rings is 1. The maximum absolute atomic E-state index is 11.1. The number of aromatic nitrogens is 1. The number of nitrogens with zero attached hydrogens (tertiary/aromatic N) is 3. The number of imide groups is 1. The average molecular weight is 679 g/mol. The number of unbranched alkanes of at least 4 members (excludes halogenated alkanes) is 2. The van der Waals surface area contributed by atoms with E-state index in [0.717, 1.165) is 10.4 Å². The van der Waals surface area contributed by atoms with E-state index in [1.54, 1.807) is 0 Å². The zero-order chi connectivity index (χ0) is 24.2. The predicted octanol–water partition coefficient (Wildman–Crippen LogP) is 3.80. The largest absolute Gasteiger partial charge is 4.00 e. The van der Waals surface area contributed by atoms with Crippen LogP contribution < -0.4 is 5.11 Å². The minimum atomic E-state index is -1.75. The van der Waals surface area contributed by atoms with Crippen LogP contribution >= 0.6 is 0 Å². The van der Waals surface area contributed by atoms with Gasteiger partial charge < -0.3 is 37.5 Å². The van der Waals surface area contributed by atoms with Crippen LogP contribution in [0.5, 0.6) is 0 Å². The fourth-order valence-corrected chi connectivity index (χ4v) is 3.18. The number of hydrogen-bond donors (Lipinski definition) is 0. The third-order valence-corrected chi connectivity index (χ3v) is 4.66. The summed E-state index contributed by atoms with van der Waals surface area (Å²) in [5, 5.41) is 28.5. The van der Waals surface area contributed by atoms with E-state index in [9.17, 15) is 19.5 Å². The van der Waals surface area contributed by atoms with E-state index in [1.165, 1.54) is 28.3 Å². The summed E-state index contributed by atoms with van der Waals surface area (Å²) in [7, 11) is 0. The molecule has 2 heterocycles. The summed E-state index contributed by atoms with van der Waals surface area (Å²) in [6.07, 6.45) is 6.26. The molecule has 194 valence electrons. The number of carboxylic acids is 1. The van der Waals surface area contributed by atoms with Crippen LogP contribution in [0, 0.1) is 15.3 Å². The Hall–Kier alpha value is -3.73. The van der Waals surface area contributed by atoms with E-state index in [0.29, 0.717) is 25.8 Å². The Morgan fingerprint density at radius 2 is 1.39 bits per heavy atom. The Morgan fingerprint density at radius 3 is 1.97 bits per heavy atom. The number of aliphatic carboxylic acids is 1. The van der Waals surface area contributed by atoms with Gasteiger partial charge in [-0.05, 0) is 30.7 Å². The normalized spacial score (nSPS) is 11.2. The number of benzene rings is 2. The van der Waals surface area contributed by atoms with Crippen LogP contribution in [0.4, 0.5) is 0 Å². The third-order valence-electron chi connectivity index (χ3n) is 4.66. The molecule has 0 radical (unpaired) electrons. The van der Waals surface area contributed by atoms with E-state index in [-0.39, 0.29) is 51.6 Å². The number of para-hydroxylation sites is 1. The van der Waals surface area contributed by atoms with E-state index in [2.05, 4.69) is 35.3 Å². The van der Waals surface area contributed by atoms with Gasteiger partial charge in [-0.1, -0.05) is 48.9 Å². The Balaban J connectivity index is 0. The molecule has 0 saturated carbocycles. The van der Waals surface area contributed by atoms with Crippen LogP contribution in [-0.4, -0.2) is 39.3 Å². The topological polar surface area (TPSA) is 224 Å². The minimum Gasteiger partial charge on any atom is -0.693 e. The van der Waals surface area contributed by atoms with Crippen molar-refractivity contribution in [3.05, 3.63) is 94.5 Å². The summed E-state index contributed by atoms with van der Waals surface area (Å²) in [6.45, 7) is 0.359. The molecule has 0 bridgehead atoms. The van der Waals surface area contributed by atoms with Crippen LogP contribution in [0.3, 0.4) is 0 Å². The zero-order valence-corrected chi connectivity index (χ0v) is 21.3. The molecule has 0 unspecified atom stereocenters. The van der Waals surface area contributed by atoms with Crippen molar-refractivity contribution in [3.8, 4) is 0 Å². The third kappa shape index (κ3) is 11.1. The number of carbonyl (C=O) groups is 3. The fourth-order valence-electron chi connectivity index (χ4n) is 3.18. The van der Waals surface area contributed by atoms with Gasteiger partial charge in [0.2, 0.25) is 0 Å². The monoisotopic (exact) mass is 678 g/mol. The number of carboxylic acid groups (broad SMARTS) is 1. The zero-order valence-electron chi connectivity index (χ0n) is 19.1. The van der Waals surface area contributed by atoms with Gasteiger partial charge in [-0.2, -0.15) is 0 Å². The number of amides is 2. The van der Waals surface area contributed by atoms with Gasteiger partial charge in [-0.25, -0.2) is 0 Å². The van der Waals surface area contributed by atoms with Crippen LogP contribution in [0.1, 0.15) is 25.7 Å². The summed E-state index contributed by atoms with van der Waals surface area (Å²) in [5.41, 5.74) is 1.06. The van der Waals surface area contributed by atoms with Crippen molar-refractivity contribution in [3.63, 3.8) is 0 Å². The van der Waals surface area contributed by atoms with E-state index in [4.69, 9.17) is 15.3 Å². The van der Waals surface area contributed by atoms with Crippen LogP contribution in [-0.2, 0) is 35.4 Å². The SMILES string of the molecule is O=C([O-])CCCCCN1C(=O)C=CC1=O.O=[N+]([O-])[O-].[NH2-].[NH2-].[Pt+4].c1ccc2c(c1)cnc1ccccc12. The first-order chi connectivity index (χ1) is 15.8. The molecule has 4 rings (SSSR count). The minimum absolute atomic E-state index is 0. The van der Waals surface area contributed by atoms with E-state index < -0.39 is 11.1 Å².